The summed E-state index contributed by atoms with van der Waals surface area (Å²) in [7, 11) is 0. The van der Waals surface area contributed by atoms with Gasteiger partial charge in [-0.2, -0.15) is 0 Å². The summed E-state index contributed by atoms with van der Waals surface area (Å²) in [5.41, 5.74) is 0.421. The Morgan fingerprint density at radius 2 is 1.93 bits per heavy atom. The molecule has 0 bridgehead atoms. The molecule has 0 aromatic rings. The van der Waals surface area contributed by atoms with Crippen molar-refractivity contribution in [3.8, 4) is 11.8 Å². The quantitative estimate of drug-likeness (QED) is 0.486. The Morgan fingerprint density at radius 1 is 1.21 bits per heavy atom. The van der Waals surface area contributed by atoms with Crippen molar-refractivity contribution in [3.63, 3.8) is 0 Å². The van der Waals surface area contributed by atoms with Crippen molar-refractivity contribution in [2.75, 3.05) is 13.1 Å². The summed E-state index contributed by atoms with van der Waals surface area (Å²) in [6.07, 6.45) is 5.33. The summed E-state index contributed by atoms with van der Waals surface area (Å²) < 4.78 is 0. The van der Waals surface area contributed by atoms with E-state index in [4.69, 9.17) is 0 Å². The molecule has 0 aliphatic carbocycles. The van der Waals surface area contributed by atoms with E-state index in [1.807, 2.05) is 6.92 Å². The molecule has 0 heterocycles. The summed E-state index contributed by atoms with van der Waals surface area (Å²) in [5.74, 6) is 5.92. The van der Waals surface area contributed by atoms with Gasteiger partial charge in [-0.05, 0) is 18.8 Å². The molecular formula is C13H25N. The SMILES string of the molecule is CC#CCNCC(C)(C)CCCCC. The summed E-state index contributed by atoms with van der Waals surface area (Å²) in [4.78, 5) is 0. The van der Waals surface area contributed by atoms with Crippen LogP contribution in [0.15, 0.2) is 0 Å². The molecule has 0 rings (SSSR count). The molecule has 0 saturated heterocycles. The minimum Gasteiger partial charge on any atom is -0.306 e. The van der Waals surface area contributed by atoms with Crippen LogP contribution >= 0.6 is 0 Å². The van der Waals surface area contributed by atoms with Gasteiger partial charge in [0, 0.05) is 6.54 Å². The Kier molecular flexibility index (Phi) is 7.61. The Balaban J connectivity index is 3.53. The van der Waals surface area contributed by atoms with Gasteiger partial charge in [0.2, 0.25) is 0 Å². The molecule has 1 heteroatoms. The van der Waals surface area contributed by atoms with E-state index in [1.54, 1.807) is 0 Å². The maximum atomic E-state index is 3.38. The largest absolute Gasteiger partial charge is 0.306 e. The highest BCUT2D eigenvalue weighted by Gasteiger charge is 2.15. The summed E-state index contributed by atoms with van der Waals surface area (Å²) in [6.45, 7) is 10.7. The molecule has 1 nitrogen and oxygen atoms in total. The zero-order valence-electron chi connectivity index (χ0n) is 10.2. The second kappa shape index (κ2) is 7.88. The fourth-order valence-electron chi connectivity index (χ4n) is 1.49. The molecule has 82 valence electrons. The third-order valence-electron chi connectivity index (χ3n) is 2.45. The van der Waals surface area contributed by atoms with Gasteiger partial charge in [0.1, 0.15) is 0 Å². The Hall–Kier alpha value is -0.480. The lowest BCUT2D eigenvalue weighted by Gasteiger charge is -2.24. The van der Waals surface area contributed by atoms with E-state index in [9.17, 15) is 0 Å². The first-order valence-corrected chi connectivity index (χ1v) is 5.72. The third-order valence-corrected chi connectivity index (χ3v) is 2.45. The normalized spacial score (nSPS) is 10.9. The second-order valence-corrected chi connectivity index (χ2v) is 4.65. The zero-order valence-corrected chi connectivity index (χ0v) is 10.2. The highest BCUT2D eigenvalue weighted by Crippen LogP contribution is 2.22. The van der Waals surface area contributed by atoms with Crippen LogP contribution in [0.2, 0.25) is 0 Å². The number of rotatable bonds is 7. The van der Waals surface area contributed by atoms with E-state index < -0.39 is 0 Å². The molecule has 1 N–H and O–H groups in total. The molecule has 0 spiro atoms. The van der Waals surface area contributed by atoms with Crippen LogP contribution in [0.4, 0.5) is 0 Å². The fraction of sp³-hybridized carbons (Fsp3) is 0.846. The van der Waals surface area contributed by atoms with Gasteiger partial charge >= 0.3 is 0 Å². The molecular weight excluding hydrogens is 170 g/mol. The van der Waals surface area contributed by atoms with Gasteiger partial charge in [-0.1, -0.05) is 46.0 Å². The van der Waals surface area contributed by atoms with Crippen LogP contribution in [-0.2, 0) is 0 Å². The molecule has 0 saturated carbocycles. The van der Waals surface area contributed by atoms with Gasteiger partial charge in [-0.3, -0.25) is 0 Å². The molecule has 0 aliphatic rings. The van der Waals surface area contributed by atoms with Crippen molar-refractivity contribution in [1.82, 2.24) is 5.32 Å². The minimum absolute atomic E-state index is 0.421. The van der Waals surface area contributed by atoms with Crippen molar-refractivity contribution in [3.05, 3.63) is 0 Å². The average molecular weight is 195 g/mol. The van der Waals surface area contributed by atoms with Crippen LogP contribution in [0.3, 0.4) is 0 Å². The average Bonchev–Trinajstić information content (AvgIpc) is 2.13. The van der Waals surface area contributed by atoms with Crippen molar-refractivity contribution in [2.24, 2.45) is 5.41 Å². The van der Waals surface area contributed by atoms with Gasteiger partial charge in [0.05, 0.1) is 6.54 Å². The maximum Gasteiger partial charge on any atom is 0.0576 e. The van der Waals surface area contributed by atoms with E-state index >= 15 is 0 Å². The van der Waals surface area contributed by atoms with Crippen molar-refractivity contribution < 1.29 is 0 Å². The van der Waals surface area contributed by atoms with E-state index in [0.29, 0.717) is 5.41 Å². The second-order valence-electron chi connectivity index (χ2n) is 4.65. The third kappa shape index (κ3) is 8.13. The summed E-state index contributed by atoms with van der Waals surface area (Å²) >= 11 is 0. The molecule has 0 aliphatic heterocycles. The molecule has 0 atom stereocenters. The summed E-state index contributed by atoms with van der Waals surface area (Å²) in [5, 5.41) is 3.38. The topological polar surface area (TPSA) is 12.0 Å². The molecule has 0 aromatic heterocycles. The number of hydrogen-bond donors (Lipinski definition) is 1. The van der Waals surface area contributed by atoms with Gasteiger partial charge in [-0.15, -0.1) is 5.92 Å². The van der Waals surface area contributed by atoms with Crippen LogP contribution in [-0.4, -0.2) is 13.1 Å². The van der Waals surface area contributed by atoms with Crippen molar-refractivity contribution in [1.29, 1.82) is 0 Å². The Labute approximate surface area is 89.7 Å². The highest BCUT2D eigenvalue weighted by molar-refractivity contribution is 4.97. The predicted molar refractivity (Wildman–Crippen MR) is 64.2 cm³/mol. The first-order chi connectivity index (χ1) is 6.62. The summed E-state index contributed by atoms with van der Waals surface area (Å²) in [6, 6.07) is 0. The van der Waals surface area contributed by atoms with Gasteiger partial charge in [0.25, 0.3) is 0 Å². The number of nitrogens with one attached hydrogen (secondary N) is 1. The number of hydrogen-bond acceptors (Lipinski definition) is 1. The van der Waals surface area contributed by atoms with Gasteiger partial charge in [0.15, 0.2) is 0 Å². The van der Waals surface area contributed by atoms with Crippen LogP contribution in [0.25, 0.3) is 0 Å². The fourth-order valence-corrected chi connectivity index (χ4v) is 1.49. The van der Waals surface area contributed by atoms with Crippen LogP contribution < -0.4 is 5.32 Å². The number of unbranched alkanes of at least 4 members (excludes halogenated alkanes) is 2. The van der Waals surface area contributed by atoms with Crippen LogP contribution in [0, 0.1) is 17.3 Å². The standard InChI is InChI=1S/C13H25N/c1-5-7-9-10-13(3,4)12-14-11-8-6-2/h14H,5,7,9-12H2,1-4H3. The first-order valence-electron chi connectivity index (χ1n) is 5.72. The van der Waals surface area contributed by atoms with Gasteiger partial charge < -0.3 is 5.32 Å². The van der Waals surface area contributed by atoms with Crippen molar-refractivity contribution >= 4 is 0 Å². The Bertz CT molecular complexity index is 183. The molecule has 14 heavy (non-hydrogen) atoms. The lowest BCUT2D eigenvalue weighted by atomic mass is 9.87. The van der Waals surface area contributed by atoms with E-state index in [0.717, 1.165) is 13.1 Å². The monoisotopic (exact) mass is 195 g/mol. The molecule has 0 aromatic carbocycles. The molecule has 0 unspecified atom stereocenters. The molecule has 0 amide bonds. The van der Waals surface area contributed by atoms with Gasteiger partial charge in [-0.25, -0.2) is 0 Å². The van der Waals surface area contributed by atoms with E-state index in [-0.39, 0.29) is 0 Å². The lowest BCUT2D eigenvalue weighted by Crippen LogP contribution is -2.29. The lowest BCUT2D eigenvalue weighted by molar-refractivity contribution is 0.308. The van der Waals surface area contributed by atoms with Crippen LogP contribution in [0.1, 0.15) is 53.4 Å². The Morgan fingerprint density at radius 3 is 2.50 bits per heavy atom. The van der Waals surface area contributed by atoms with Crippen LogP contribution in [0.5, 0.6) is 0 Å². The molecule has 0 fully saturated rings. The zero-order chi connectivity index (χ0) is 10.9. The smallest absolute Gasteiger partial charge is 0.0576 e. The van der Waals surface area contributed by atoms with E-state index in [2.05, 4.69) is 37.9 Å². The first kappa shape index (κ1) is 13.5. The minimum atomic E-state index is 0.421. The maximum absolute atomic E-state index is 3.38. The predicted octanol–water partition coefficient (Wildman–Crippen LogP) is 3.21. The highest BCUT2D eigenvalue weighted by atomic mass is 14.9. The molecule has 0 radical (unpaired) electrons. The van der Waals surface area contributed by atoms with E-state index in [1.165, 1.54) is 25.7 Å². The van der Waals surface area contributed by atoms with Crippen molar-refractivity contribution in [2.45, 2.75) is 53.4 Å².